The Morgan fingerprint density at radius 1 is 0.554 bits per heavy atom. The van der Waals surface area contributed by atoms with Crippen molar-refractivity contribution in [3.63, 3.8) is 0 Å². The van der Waals surface area contributed by atoms with Gasteiger partial charge in [0, 0.05) is 37.9 Å². The molecule has 1 radical (unpaired) electrons. The van der Waals surface area contributed by atoms with Gasteiger partial charge in [0.15, 0.2) is 0 Å². The van der Waals surface area contributed by atoms with Gasteiger partial charge in [-0.05, 0) is 84.1 Å². The Labute approximate surface area is 346 Å². The number of nitrogens with zero attached hydrogens (tertiary/aromatic N) is 2. The second-order valence-electron chi connectivity index (χ2n) is 17.4. The van der Waals surface area contributed by atoms with E-state index in [0.29, 0.717) is 0 Å². The van der Waals surface area contributed by atoms with Crippen LogP contribution in [-0.4, -0.2) is 9.97 Å². The summed E-state index contributed by atoms with van der Waals surface area (Å²) in [7, 11) is 0. The normalized spacial score (nSPS) is 13.0. The van der Waals surface area contributed by atoms with Crippen molar-refractivity contribution in [1.29, 1.82) is 0 Å². The van der Waals surface area contributed by atoms with Gasteiger partial charge < -0.3 is 9.97 Å². The fraction of sp³-hybridized carbons (Fsp3) is 0.208. The van der Waals surface area contributed by atoms with Crippen LogP contribution in [0.25, 0.3) is 66.3 Å². The first-order chi connectivity index (χ1) is 26.3. The van der Waals surface area contributed by atoms with E-state index in [1.54, 1.807) is 0 Å². The summed E-state index contributed by atoms with van der Waals surface area (Å²) in [6, 6.07) is 54.3. The molecule has 0 bridgehead atoms. The predicted molar refractivity (Wildman–Crippen MR) is 232 cm³/mol. The van der Waals surface area contributed by atoms with E-state index in [4.69, 9.17) is 4.98 Å². The van der Waals surface area contributed by atoms with Crippen molar-refractivity contribution in [2.45, 2.75) is 71.6 Å². The number of rotatable bonds is 3. The molecule has 0 spiro atoms. The van der Waals surface area contributed by atoms with Crippen LogP contribution in [0, 0.1) is 12.1 Å². The van der Waals surface area contributed by atoms with Gasteiger partial charge >= 0.3 is 0 Å². The van der Waals surface area contributed by atoms with Gasteiger partial charge in [-0.2, -0.15) is 0 Å². The van der Waals surface area contributed by atoms with Crippen LogP contribution in [0.5, 0.6) is 0 Å². The SMILES string of the molecule is CC(C)(C)c1ccc2c(-c3nccc4c3C(C)(C)c3ccc5ccccc5c3-4)[c-]ccc2c1.CC(C)(C)c1ccnc(-c2[c-]ccc(-c3ccccc3)c2)c1.[Ir]. The van der Waals surface area contributed by atoms with E-state index >= 15 is 0 Å². The van der Waals surface area contributed by atoms with E-state index in [-0.39, 0.29) is 36.4 Å². The van der Waals surface area contributed by atoms with E-state index in [9.17, 15) is 0 Å². The third-order valence-corrected chi connectivity index (χ3v) is 11.2. The smallest absolute Gasteiger partial charge is 0.0167 e. The minimum atomic E-state index is -0.139. The quantitative estimate of drug-likeness (QED) is 0.165. The van der Waals surface area contributed by atoms with Crippen LogP contribution in [0.15, 0.2) is 146 Å². The van der Waals surface area contributed by atoms with Gasteiger partial charge in [-0.15, -0.1) is 64.5 Å². The molecule has 3 heteroatoms. The molecule has 2 heterocycles. The maximum absolute atomic E-state index is 4.97. The van der Waals surface area contributed by atoms with Gasteiger partial charge in [-0.3, -0.25) is 0 Å². The van der Waals surface area contributed by atoms with Crippen molar-refractivity contribution in [2.24, 2.45) is 0 Å². The Balaban J connectivity index is 0.000000183. The summed E-state index contributed by atoms with van der Waals surface area (Å²) in [5, 5.41) is 5.05. The first kappa shape index (κ1) is 39.0. The summed E-state index contributed by atoms with van der Waals surface area (Å²) in [4.78, 5) is 9.50. The van der Waals surface area contributed by atoms with E-state index in [1.165, 1.54) is 66.1 Å². The van der Waals surface area contributed by atoms with E-state index in [2.05, 4.69) is 194 Å². The van der Waals surface area contributed by atoms with Crippen molar-refractivity contribution in [1.82, 2.24) is 9.97 Å². The van der Waals surface area contributed by atoms with Crippen LogP contribution in [0.2, 0.25) is 0 Å². The molecule has 0 N–H and O–H groups in total. The number of hydrogen-bond acceptors (Lipinski definition) is 2. The molecule has 0 fully saturated rings. The first-order valence-corrected chi connectivity index (χ1v) is 19.3. The van der Waals surface area contributed by atoms with Crippen LogP contribution < -0.4 is 0 Å². The van der Waals surface area contributed by atoms with Gasteiger partial charge in [0.05, 0.1) is 0 Å². The summed E-state index contributed by atoms with van der Waals surface area (Å²) in [6.45, 7) is 18.1. The van der Waals surface area contributed by atoms with Crippen LogP contribution in [0.1, 0.15) is 77.6 Å². The fourth-order valence-corrected chi connectivity index (χ4v) is 8.06. The monoisotopic (exact) mass is 905 g/mol. The summed E-state index contributed by atoms with van der Waals surface area (Å²) in [5.41, 5.74) is 14.6. The van der Waals surface area contributed by atoms with Crippen molar-refractivity contribution < 1.29 is 20.1 Å². The number of aromatic nitrogens is 2. The Morgan fingerprint density at radius 3 is 2.02 bits per heavy atom. The minimum Gasteiger partial charge on any atom is -0.305 e. The Morgan fingerprint density at radius 2 is 1.25 bits per heavy atom. The van der Waals surface area contributed by atoms with Gasteiger partial charge in [0.2, 0.25) is 0 Å². The van der Waals surface area contributed by atoms with Gasteiger partial charge in [-0.25, -0.2) is 0 Å². The Hall–Kier alpha value is -5.21. The fourth-order valence-electron chi connectivity index (χ4n) is 8.06. The Kier molecular flexibility index (Phi) is 10.5. The molecule has 2 nitrogen and oxygen atoms in total. The molecular weight excluding hydrogens is 857 g/mol. The molecule has 0 unspecified atom stereocenters. The maximum Gasteiger partial charge on any atom is 0.0167 e. The van der Waals surface area contributed by atoms with Crippen LogP contribution in [-0.2, 0) is 36.4 Å². The summed E-state index contributed by atoms with van der Waals surface area (Å²) < 4.78 is 0. The number of hydrogen-bond donors (Lipinski definition) is 0. The molecule has 0 amide bonds. The van der Waals surface area contributed by atoms with Crippen LogP contribution in [0.4, 0.5) is 0 Å². The number of benzene rings is 6. The zero-order chi connectivity index (χ0) is 38.5. The predicted octanol–water partition coefficient (Wildman–Crippen LogP) is 14.0. The second kappa shape index (κ2) is 15.0. The molecule has 0 atom stereocenters. The molecule has 1 aliphatic carbocycles. The molecule has 0 saturated heterocycles. The zero-order valence-corrected chi connectivity index (χ0v) is 36.0. The summed E-state index contributed by atoms with van der Waals surface area (Å²) in [5.74, 6) is 0. The molecule has 2 aromatic heterocycles. The molecule has 0 saturated carbocycles. The zero-order valence-electron chi connectivity index (χ0n) is 33.6. The molecule has 8 aromatic rings. The average molecular weight is 905 g/mol. The van der Waals surface area contributed by atoms with Crippen molar-refractivity contribution in [3.05, 3.63) is 180 Å². The summed E-state index contributed by atoms with van der Waals surface area (Å²) >= 11 is 0. The molecule has 281 valence electrons. The second-order valence-corrected chi connectivity index (χ2v) is 17.4. The van der Waals surface area contributed by atoms with Crippen LogP contribution >= 0.6 is 0 Å². The van der Waals surface area contributed by atoms with Gasteiger partial charge in [0.1, 0.15) is 0 Å². The van der Waals surface area contributed by atoms with Crippen molar-refractivity contribution in [3.8, 4) is 44.8 Å². The molecule has 9 rings (SSSR count). The topological polar surface area (TPSA) is 25.8 Å². The van der Waals surface area contributed by atoms with E-state index in [1.807, 2.05) is 24.5 Å². The molecule has 1 aliphatic rings. The number of fused-ring (bicyclic) bond motifs is 6. The first-order valence-electron chi connectivity index (χ1n) is 19.3. The van der Waals surface area contributed by atoms with E-state index in [0.717, 1.165) is 22.5 Å². The molecule has 6 aromatic carbocycles. The number of pyridine rings is 2. The largest absolute Gasteiger partial charge is 0.305 e. The average Bonchev–Trinajstić information content (AvgIpc) is 3.44. The van der Waals surface area contributed by atoms with Gasteiger partial charge in [0.25, 0.3) is 0 Å². The minimum absolute atomic E-state index is 0. The van der Waals surface area contributed by atoms with E-state index < -0.39 is 0 Å². The van der Waals surface area contributed by atoms with Gasteiger partial charge in [-0.1, -0.05) is 152 Å². The van der Waals surface area contributed by atoms with Crippen LogP contribution in [0.3, 0.4) is 0 Å². The maximum atomic E-state index is 4.97. The molecule has 0 aliphatic heterocycles. The van der Waals surface area contributed by atoms with Crippen molar-refractivity contribution in [2.75, 3.05) is 0 Å². The summed E-state index contributed by atoms with van der Waals surface area (Å²) in [6.07, 6.45) is 3.86. The third kappa shape index (κ3) is 7.27. The molecule has 56 heavy (non-hydrogen) atoms. The Bertz CT molecular complexity index is 2690. The standard InChI is InChI=1S/C32H28N.C21H20N.Ir/c1-31(2,3)22-14-15-23-21(19-22)10-8-12-25(23)30-29-26(17-18-33-30)28-24-11-7-6-9-20(24)13-16-27(28)32(29,4)5;1-21(2,3)19-12-13-22-20(15-19)18-11-7-10-17(14-18)16-8-5-4-6-9-16;/h6-11,13-19H,1-5H3;4-10,12-15H,1-3H3;/q2*-1;. The van der Waals surface area contributed by atoms with Crippen molar-refractivity contribution >= 4 is 21.5 Å². The molecular formula is C53H48IrN2-2. The third-order valence-electron chi connectivity index (χ3n) is 11.2.